The second-order valence-electron chi connectivity index (χ2n) is 6.49. The summed E-state index contributed by atoms with van der Waals surface area (Å²) in [7, 11) is 0. The molecule has 1 aliphatic heterocycles. The van der Waals surface area contributed by atoms with Crippen LogP contribution in [0.25, 0.3) is 10.9 Å². The van der Waals surface area contributed by atoms with Crippen molar-refractivity contribution in [3.05, 3.63) is 78.0 Å². The zero-order chi connectivity index (χ0) is 20.8. The Balaban J connectivity index is 1.22. The van der Waals surface area contributed by atoms with Gasteiger partial charge in [0, 0.05) is 5.39 Å². The molecule has 4 rings (SSSR count). The molecular formula is C22H19N3O4S. The number of para-hydroxylation sites is 1. The van der Waals surface area contributed by atoms with Gasteiger partial charge in [-0.2, -0.15) is 0 Å². The molecular weight excluding hydrogens is 402 g/mol. The molecule has 0 saturated carbocycles. The number of oxime groups is 1. The maximum absolute atomic E-state index is 12.4. The molecule has 2 amide bonds. The molecule has 1 unspecified atom stereocenters. The van der Waals surface area contributed by atoms with Crippen molar-refractivity contribution in [1.29, 1.82) is 0 Å². The third kappa shape index (κ3) is 4.84. The van der Waals surface area contributed by atoms with Gasteiger partial charge in [-0.05, 0) is 29.5 Å². The quantitative estimate of drug-likeness (QED) is 0.312. The number of aromatic nitrogens is 1. The van der Waals surface area contributed by atoms with E-state index < -0.39 is 5.44 Å². The van der Waals surface area contributed by atoms with Gasteiger partial charge in [-0.1, -0.05) is 59.8 Å². The van der Waals surface area contributed by atoms with Crippen molar-refractivity contribution >= 4 is 40.0 Å². The van der Waals surface area contributed by atoms with Crippen LogP contribution in [0.4, 0.5) is 4.79 Å². The standard InChI is InChI=1S/C22H19N3O4S/c26-20-21(30-22(27)25(20)15-16-6-2-1-3-7-16)28-12-13-29-23-14-18-11-10-17-8-4-5-9-19(17)24-18/h1-11,14,21H,12-13,15H2. The lowest BCUT2D eigenvalue weighted by Gasteiger charge is -2.13. The number of amides is 2. The molecule has 0 radical (unpaired) electrons. The van der Waals surface area contributed by atoms with Gasteiger partial charge < -0.3 is 9.57 Å². The average molecular weight is 421 g/mol. The van der Waals surface area contributed by atoms with Gasteiger partial charge in [-0.15, -0.1) is 0 Å². The van der Waals surface area contributed by atoms with Crippen molar-refractivity contribution < 1.29 is 19.2 Å². The smallest absolute Gasteiger partial charge is 0.291 e. The van der Waals surface area contributed by atoms with Gasteiger partial charge in [0.25, 0.3) is 11.1 Å². The molecule has 3 aromatic rings. The fourth-order valence-electron chi connectivity index (χ4n) is 2.93. The van der Waals surface area contributed by atoms with Gasteiger partial charge in [-0.25, -0.2) is 4.98 Å². The fourth-order valence-corrected chi connectivity index (χ4v) is 3.78. The highest BCUT2D eigenvalue weighted by Crippen LogP contribution is 2.29. The summed E-state index contributed by atoms with van der Waals surface area (Å²) in [6.45, 7) is 0.532. The van der Waals surface area contributed by atoms with Crippen molar-refractivity contribution in [1.82, 2.24) is 9.88 Å². The lowest BCUT2D eigenvalue weighted by atomic mass is 10.2. The SMILES string of the molecule is O=C1SC(OCCON=Cc2ccc3ccccc3n2)C(=O)N1Cc1ccccc1. The summed E-state index contributed by atoms with van der Waals surface area (Å²) < 4.78 is 5.50. The second-order valence-corrected chi connectivity index (χ2v) is 7.51. The van der Waals surface area contributed by atoms with E-state index in [2.05, 4.69) is 10.1 Å². The van der Waals surface area contributed by atoms with E-state index in [1.165, 1.54) is 11.1 Å². The highest BCUT2D eigenvalue weighted by molar-refractivity contribution is 8.15. The first-order valence-electron chi connectivity index (χ1n) is 9.39. The molecule has 1 aromatic heterocycles. The number of nitrogens with zero attached hydrogens (tertiary/aromatic N) is 3. The Bertz CT molecular complexity index is 1070. The molecule has 0 bridgehead atoms. The Hall–Kier alpha value is -3.23. The number of imide groups is 1. The zero-order valence-electron chi connectivity index (χ0n) is 16.0. The van der Waals surface area contributed by atoms with Crippen LogP contribution >= 0.6 is 11.8 Å². The second kappa shape index (κ2) is 9.51. The Kier molecular flexibility index (Phi) is 6.36. The first-order chi connectivity index (χ1) is 14.7. The van der Waals surface area contributed by atoms with Crippen LogP contribution in [-0.2, 0) is 20.9 Å². The number of carbonyl (C=O) groups excluding carboxylic acids is 2. The predicted molar refractivity (Wildman–Crippen MR) is 115 cm³/mol. The van der Waals surface area contributed by atoms with E-state index in [-0.39, 0.29) is 30.9 Å². The molecule has 30 heavy (non-hydrogen) atoms. The molecule has 1 atom stereocenters. The van der Waals surface area contributed by atoms with Crippen LogP contribution in [0.15, 0.2) is 71.9 Å². The van der Waals surface area contributed by atoms with Crippen molar-refractivity contribution in [3.8, 4) is 0 Å². The predicted octanol–water partition coefficient (Wildman–Crippen LogP) is 3.82. The first kappa shape index (κ1) is 20.1. The van der Waals surface area contributed by atoms with Gasteiger partial charge in [0.1, 0.15) is 6.61 Å². The number of benzene rings is 2. The number of fused-ring (bicyclic) bond motifs is 1. The summed E-state index contributed by atoms with van der Waals surface area (Å²) in [4.78, 5) is 35.4. The average Bonchev–Trinajstić information content (AvgIpc) is 3.04. The van der Waals surface area contributed by atoms with Crippen LogP contribution in [-0.4, -0.2) is 45.9 Å². The fraction of sp³-hybridized carbons (Fsp3) is 0.182. The van der Waals surface area contributed by atoms with Crippen molar-refractivity contribution in [2.45, 2.75) is 12.0 Å². The van der Waals surface area contributed by atoms with E-state index in [0.29, 0.717) is 5.69 Å². The van der Waals surface area contributed by atoms with Crippen LogP contribution in [0.5, 0.6) is 0 Å². The highest BCUT2D eigenvalue weighted by Gasteiger charge is 2.40. The topological polar surface area (TPSA) is 81.1 Å². The highest BCUT2D eigenvalue weighted by atomic mass is 32.2. The Morgan fingerprint density at radius 2 is 1.80 bits per heavy atom. The summed E-state index contributed by atoms with van der Waals surface area (Å²) in [5.41, 5.74) is 1.60. The minimum atomic E-state index is -0.851. The monoisotopic (exact) mass is 421 g/mol. The van der Waals surface area contributed by atoms with Crippen LogP contribution in [0, 0.1) is 0 Å². The van der Waals surface area contributed by atoms with Gasteiger partial charge in [0.2, 0.25) is 0 Å². The molecule has 0 aliphatic carbocycles. The number of hydrogen-bond acceptors (Lipinski definition) is 7. The van der Waals surface area contributed by atoms with Crippen molar-refractivity contribution in [2.24, 2.45) is 5.16 Å². The lowest BCUT2D eigenvalue weighted by molar-refractivity contribution is -0.134. The van der Waals surface area contributed by atoms with Gasteiger partial charge in [0.15, 0.2) is 5.44 Å². The van der Waals surface area contributed by atoms with Crippen LogP contribution in [0.1, 0.15) is 11.3 Å². The van der Waals surface area contributed by atoms with Crippen LogP contribution in [0.2, 0.25) is 0 Å². The van der Waals surface area contributed by atoms with E-state index in [0.717, 1.165) is 28.2 Å². The minimum Gasteiger partial charge on any atom is -0.393 e. The number of ether oxygens (including phenoxy) is 1. The lowest BCUT2D eigenvalue weighted by Crippen LogP contribution is -2.32. The molecule has 1 saturated heterocycles. The Morgan fingerprint density at radius 1 is 1.00 bits per heavy atom. The van der Waals surface area contributed by atoms with Crippen molar-refractivity contribution in [3.63, 3.8) is 0 Å². The van der Waals surface area contributed by atoms with E-state index >= 15 is 0 Å². The minimum absolute atomic E-state index is 0.137. The zero-order valence-corrected chi connectivity index (χ0v) is 16.8. The maximum Gasteiger partial charge on any atom is 0.291 e. The first-order valence-corrected chi connectivity index (χ1v) is 10.3. The van der Waals surface area contributed by atoms with Gasteiger partial charge in [0.05, 0.1) is 30.6 Å². The van der Waals surface area contributed by atoms with Crippen LogP contribution in [0.3, 0.4) is 0 Å². The molecule has 7 nitrogen and oxygen atoms in total. The molecule has 8 heteroatoms. The maximum atomic E-state index is 12.4. The molecule has 0 N–H and O–H groups in total. The molecule has 1 fully saturated rings. The number of carbonyl (C=O) groups is 2. The van der Waals surface area contributed by atoms with E-state index in [1.807, 2.05) is 66.7 Å². The van der Waals surface area contributed by atoms with Crippen molar-refractivity contribution in [2.75, 3.05) is 13.2 Å². The third-order valence-corrected chi connectivity index (χ3v) is 5.38. The molecule has 2 heterocycles. The summed E-state index contributed by atoms with van der Waals surface area (Å²) in [6.07, 6.45) is 1.52. The molecule has 2 aromatic carbocycles. The third-order valence-electron chi connectivity index (χ3n) is 4.40. The number of pyridine rings is 1. The van der Waals surface area contributed by atoms with E-state index in [4.69, 9.17) is 9.57 Å². The summed E-state index contributed by atoms with van der Waals surface area (Å²) >= 11 is 0.874. The molecule has 152 valence electrons. The molecule has 0 spiro atoms. The summed E-state index contributed by atoms with van der Waals surface area (Å²) in [6, 6.07) is 21.0. The van der Waals surface area contributed by atoms with E-state index in [9.17, 15) is 9.59 Å². The normalized spacial score (nSPS) is 16.7. The molecule has 1 aliphatic rings. The van der Waals surface area contributed by atoms with E-state index in [1.54, 1.807) is 0 Å². The Morgan fingerprint density at radius 3 is 2.67 bits per heavy atom. The number of rotatable bonds is 8. The Labute approximate surface area is 177 Å². The largest absolute Gasteiger partial charge is 0.393 e. The summed E-state index contributed by atoms with van der Waals surface area (Å²) in [5, 5.41) is 4.62. The van der Waals surface area contributed by atoms with Crippen LogP contribution < -0.4 is 0 Å². The number of thioether (sulfide) groups is 1. The summed E-state index contributed by atoms with van der Waals surface area (Å²) in [5.74, 6) is -0.349. The number of hydrogen-bond donors (Lipinski definition) is 0. The van der Waals surface area contributed by atoms with Gasteiger partial charge >= 0.3 is 0 Å². The van der Waals surface area contributed by atoms with Gasteiger partial charge in [-0.3, -0.25) is 14.5 Å².